The van der Waals surface area contributed by atoms with Crippen LogP contribution in [0.4, 0.5) is 4.39 Å². The zero-order chi connectivity index (χ0) is 24.6. The number of hydrogen-bond acceptors (Lipinski definition) is 7. The minimum atomic E-state index is -0.374. The number of ether oxygens (including phenoxy) is 2. The molecule has 0 bridgehead atoms. The van der Waals surface area contributed by atoms with Gasteiger partial charge in [0.1, 0.15) is 17.3 Å². The number of rotatable bonds is 9. The number of carbonyl (C=O) groups excluding carboxylic acids is 1. The van der Waals surface area contributed by atoms with Crippen LogP contribution in [0.15, 0.2) is 83.1 Å². The van der Waals surface area contributed by atoms with E-state index in [1.54, 1.807) is 26.4 Å². The molecule has 8 nitrogen and oxygen atoms in total. The van der Waals surface area contributed by atoms with Gasteiger partial charge in [-0.2, -0.15) is 5.10 Å². The van der Waals surface area contributed by atoms with E-state index in [1.807, 2.05) is 53.1 Å². The van der Waals surface area contributed by atoms with Gasteiger partial charge in [0.15, 0.2) is 11.0 Å². The monoisotopic (exact) mass is 491 g/mol. The summed E-state index contributed by atoms with van der Waals surface area (Å²) in [4.78, 5) is 12.3. The Hall–Kier alpha value is -4.18. The van der Waals surface area contributed by atoms with Crippen molar-refractivity contribution in [2.24, 2.45) is 5.10 Å². The fourth-order valence-electron chi connectivity index (χ4n) is 3.18. The van der Waals surface area contributed by atoms with Crippen molar-refractivity contribution in [3.8, 4) is 28.6 Å². The molecule has 3 aromatic carbocycles. The first-order valence-electron chi connectivity index (χ1n) is 10.5. The first-order valence-corrected chi connectivity index (χ1v) is 11.5. The Balaban J connectivity index is 1.53. The van der Waals surface area contributed by atoms with Gasteiger partial charge in [-0.15, -0.1) is 10.2 Å². The summed E-state index contributed by atoms with van der Waals surface area (Å²) < 4.78 is 25.6. The number of carbonyl (C=O) groups is 1. The summed E-state index contributed by atoms with van der Waals surface area (Å²) in [5, 5.41) is 13.1. The van der Waals surface area contributed by atoms with E-state index in [1.165, 1.54) is 30.1 Å². The van der Waals surface area contributed by atoms with E-state index < -0.39 is 0 Å². The van der Waals surface area contributed by atoms with Gasteiger partial charge in [-0.05, 0) is 66.2 Å². The molecule has 178 valence electrons. The highest BCUT2D eigenvalue weighted by Gasteiger charge is 2.17. The van der Waals surface area contributed by atoms with E-state index >= 15 is 0 Å². The van der Waals surface area contributed by atoms with Crippen LogP contribution in [0.2, 0.25) is 0 Å². The Labute approximate surface area is 205 Å². The quantitative estimate of drug-likeness (QED) is 0.213. The number of nitrogens with zero attached hydrogens (tertiary/aromatic N) is 4. The molecular formula is C25H22FN5O3S. The van der Waals surface area contributed by atoms with Gasteiger partial charge in [0.05, 0.1) is 26.2 Å². The summed E-state index contributed by atoms with van der Waals surface area (Å²) in [5.41, 5.74) is 4.64. The molecule has 1 heterocycles. The van der Waals surface area contributed by atoms with Gasteiger partial charge in [0, 0.05) is 11.3 Å². The zero-order valence-electron chi connectivity index (χ0n) is 19.0. The van der Waals surface area contributed by atoms with Crippen LogP contribution in [0.5, 0.6) is 11.5 Å². The lowest BCUT2D eigenvalue weighted by Gasteiger charge is -2.11. The molecule has 0 saturated carbocycles. The Bertz CT molecular complexity index is 1320. The van der Waals surface area contributed by atoms with E-state index in [0.717, 1.165) is 22.7 Å². The summed E-state index contributed by atoms with van der Waals surface area (Å²) in [6, 6.07) is 20.9. The van der Waals surface area contributed by atoms with E-state index in [9.17, 15) is 9.18 Å². The van der Waals surface area contributed by atoms with Gasteiger partial charge in [-0.25, -0.2) is 9.82 Å². The van der Waals surface area contributed by atoms with Crippen molar-refractivity contribution in [2.75, 3.05) is 20.0 Å². The lowest BCUT2D eigenvalue weighted by Crippen LogP contribution is -2.20. The van der Waals surface area contributed by atoms with E-state index in [-0.39, 0.29) is 17.5 Å². The third kappa shape index (κ3) is 6.04. The minimum Gasteiger partial charge on any atom is -0.497 e. The molecule has 35 heavy (non-hydrogen) atoms. The normalized spacial score (nSPS) is 10.9. The number of hydrazone groups is 1. The fourth-order valence-corrected chi connectivity index (χ4v) is 3.93. The predicted octanol–water partition coefficient (Wildman–Crippen LogP) is 4.33. The van der Waals surface area contributed by atoms with E-state index in [4.69, 9.17) is 9.47 Å². The van der Waals surface area contributed by atoms with Crippen molar-refractivity contribution < 1.29 is 18.7 Å². The molecule has 1 N–H and O–H groups in total. The molecule has 0 radical (unpaired) electrons. The van der Waals surface area contributed by atoms with E-state index in [2.05, 4.69) is 20.7 Å². The molecule has 4 rings (SSSR count). The number of halogens is 1. The van der Waals surface area contributed by atoms with Gasteiger partial charge in [0.25, 0.3) is 5.91 Å². The standard InChI is InChI=1S/C25H22FN5O3S/c1-33-21-10-6-18(7-11-21)24-29-30-25(31(24)20-8-12-22(34-2)13-9-20)35-16-23(32)28-27-15-17-4-3-5-19(26)14-17/h3-15H,16H2,1-2H3,(H,28,32)/b27-15+. The number of hydrogen-bond donors (Lipinski definition) is 1. The molecule has 0 aliphatic heterocycles. The van der Waals surface area contributed by atoms with Crippen molar-refractivity contribution in [1.29, 1.82) is 0 Å². The predicted molar refractivity (Wildman–Crippen MR) is 133 cm³/mol. The van der Waals surface area contributed by atoms with Crippen LogP contribution in [0.3, 0.4) is 0 Å². The first-order chi connectivity index (χ1) is 17.1. The molecule has 0 saturated heterocycles. The fraction of sp³-hybridized carbons (Fsp3) is 0.120. The Kier molecular flexibility index (Phi) is 7.74. The maximum atomic E-state index is 13.3. The van der Waals surface area contributed by atoms with Crippen LogP contribution in [0.25, 0.3) is 17.1 Å². The second kappa shape index (κ2) is 11.3. The molecule has 4 aromatic rings. The first kappa shape index (κ1) is 24.0. The topological polar surface area (TPSA) is 90.6 Å². The number of nitrogens with one attached hydrogen (secondary N) is 1. The maximum absolute atomic E-state index is 13.3. The van der Waals surface area contributed by atoms with Gasteiger partial charge in [0.2, 0.25) is 0 Å². The highest BCUT2D eigenvalue weighted by Crippen LogP contribution is 2.29. The molecule has 0 atom stereocenters. The molecule has 0 aliphatic carbocycles. The van der Waals surface area contributed by atoms with Crippen molar-refractivity contribution in [1.82, 2.24) is 20.2 Å². The molecule has 0 fully saturated rings. The van der Waals surface area contributed by atoms with Gasteiger partial charge in [-0.3, -0.25) is 9.36 Å². The SMILES string of the molecule is COc1ccc(-c2nnc(SCC(=O)N/N=C/c3cccc(F)c3)n2-c2ccc(OC)cc2)cc1. The Morgan fingerprint density at radius 3 is 2.37 bits per heavy atom. The second-order valence-electron chi connectivity index (χ2n) is 7.20. The number of benzene rings is 3. The third-order valence-corrected chi connectivity index (χ3v) is 5.83. The summed E-state index contributed by atoms with van der Waals surface area (Å²) in [6.45, 7) is 0. The molecular weight excluding hydrogens is 469 g/mol. The van der Waals surface area contributed by atoms with Crippen LogP contribution in [-0.2, 0) is 4.79 Å². The van der Waals surface area contributed by atoms with Crippen LogP contribution in [0.1, 0.15) is 5.56 Å². The lowest BCUT2D eigenvalue weighted by atomic mass is 10.2. The van der Waals surface area contributed by atoms with E-state index in [0.29, 0.717) is 16.5 Å². The average Bonchev–Trinajstić information content (AvgIpc) is 3.31. The van der Waals surface area contributed by atoms with Crippen molar-refractivity contribution in [3.05, 3.63) is 84.2 Å². The van der Waals surface area contributed by atoms with Crippen LogP contribution < -0.4 is 14.9 Å². The number of amides is 1. The Morgan fingerprint density at radius 1 is 1.03 bits per heavy atom. The van der Waals surface area contributed by atoms with Crippen molar-refractivity contribution >= 4 is 23.9 Å². The summed E-state index contributed by atoms with van der Waals surface area (Å²) in [7, 11) is 3.21. The summed E-state index contributed by atoms with van der Waals surface area (Å²) in [5.74, 6) is 1.41. The number of aromatic nitrogens is 3. The molecule has 10 heteroatoms. The second-order valence-corrected chi connectivity index (χ2v) is 8.15. The number of thioether (sulfide) groups is 1. The third-order valence-electron chi connectivity index (χ3n) is 4.90. The Morgan fingerprint density at radius 2 is 1.71 bits per heavy atom. The molecule has 0 spiro atoms. The lowest BCUT2D eigenvalue weighted by molar-refractivity contribution is -0.118. The minimum absolute atomic E-state index is 0.0530. The maximum Gasteiger partial charge on any atom is 0.250 e. The average molecular weight is 492 g/mol. The molecule has 0 unspecified atom stereocenters. The highest BCUT2D eigenvalue weighted by molar-refractivity contribution is 7.99. The van der Waals surface area contributed by atoms with Crippen LogP contribution in [-0.4, -0.2) is 46.9 Å². The van der Waals surface area contributed by atoms with Crippen LogP contribution >= 0.6 is 11.8 Å². The van der Waals surface area contributed by atoms with Gasteiger partial charge in [-0.1, -0.05) is 23.9 Å². The van der Waals surface area contributed by atoms with Crippen LogP contribution in [0, 0.1) is 5.82 Å². The van der Waals surface area contributed by atoms with Crippen molar-refractivity contribution in [3.63, 3.8) is 0 Å². The number of methoxy groups -OCH3 is 2. The summed E-state index contributed by atoms with van der Waals surface area (Å²) in [6.07, 6.45) is 1.38. The van der Waals surface area contributed by atoms with Gasteiger partial charge < -0.3 is 9.47 Å². The highest BCUT2D eigenvalue weighted by atomic mass is 32.2. The van der Waals surface area contributed by atoms with Gasteiger partial charge >= 0.3 is 0 Å². The molecule has 1 amide bonds. The largest absolute Gasteiger partial charge is 0.497 e. The summed E-state index contributed by atoms with van der Waals surface area (Å²) >= 11 is 1.22. The molecule has 0 aliphatic rings. The zero-order valence-corrected chi connectivity index (χ0v) is 19.8. The smallest absolute Gasteiger partial charge is 0.250 e. The molecule has 1 aromatic heterocycles. The van der Waals surface area contributed by atoms with Crippen molar-refractivity contribution in [2.45, 2.75) is 5.16 Å².